The minimum Gasteiger partial charge on any atom is -0.461 e. The van der Waals surface area contributed by atoms with Gasteiger partial charge in [0, 0.05) is 57.4 Å². The molecule has 2 aliphatic rings. The first-order chi connectivity index (χ1) is 21.0. The van der Waals surface area contributed by atoms with Crippen LogP contribution in [-0.4, -0.2) is 105 Å². The number of morpholine rings is 1. The zero-order chi connectivity index (χ0) is 29.3. The molecule has 2 saturated heterocycles. The lowest BCUT2D eigenvalue weighted by atomic mass is 10.1. The number of nitrogens with zero attached hydrogens (tertiary/aromatic N) is 8. The third kappa shape index (κ3) is 5.49. The first-order valence-electron chi connectivity index (χ1n) is 14.3. The Morgan fingerprint density at radius 2 is 2.02 bits per heavy atom. The number of furan rings is 1. The van der Waals surface area contributed by atoms with Gasteiger partial charge in [0.15, 0.2) is 17.1 Å². The molecule has 0 radical (unpaired) electrons. The molecule has 224 valence electrons. The lowest BCUT2D eigenvalue weighted by molar-refractivity contribution is 0.0734. The number of hydrogen-bond acceptors (Lipinski definition) is 11. The largest absolute Gasteiger partial charge is 0.461 e. The van der Waals surface area contributed by atoms with Crippen LogP contribution in [0.5, 0.6) is 0 Å². The Hall–Kier alpha value is -4.60. The maximum atomic E-state index is 15.1. The van der Waals surface area contributed by atoms with Gasteiger partial charge in [-0.3, -0.25) is 9.69 Å². The predicted molar refractivity (Wildman–Crippen MR) is 156 cm³/mol. The molecule has 0 saturated carbocycles. The second kappa shape index (κ2) is 11.6. The van der Waals surface area contributed by atoms with E-state index in [4.69, 9.17) is 14.9 Å². The van der Waals surface area contributed by atoms with E-state index < -0.39 is 5.82 Å². The summed E-state index contributed by atoms with van der Waals surface area (Å²) in [6, 6.07) is 8.30. The number of carbonyl (C=O) groups excluding carboxylic acids is 1. The number of benzene rings is 1. The molecule has 0 bridgehead atoms. The molecule has 7 rings (SSSR count). The standard InChI is InChI=1S/C28H32FN11O3/c29-21-14-18(27(41)32-15-19-17-42-13-5-31-19)3-4-22(21)38-9-6-37(7-10-38)8-11-39-25-20(16-33-39)26-34-24(23-2-1-12-43-23)36-40(26)28(30)35-25/h1-4,12,14,16,19,31H,5-11,13,15,17H2,(H2,30,35)(H,32,41). The molecule has 1 atom stereocenters. The first kappa shape index (κ1) is 27.2. The number of nitrogens with two attached hydrogens (primary N) is 1. The monoisotopic (exact) mass is 589 g/mol. The summed E-state index contributed by atoms with van der Waals surface area (Å²) in [6.07, 6.45) is 3.29. The van der Waals surface area contributed by atoms with E-state index in [9.17, 15) is 4.79 Å². The van der Waals surface area contributed by atoms with Crippen LogP contribution in [0.3, 0.4) is 0 Å². The Balaban J connectivity index is 0.953. The van der Waals surface area contributed by atoms with Crippen LogP contribution < -0.4 is 21.3 Å². The third-order valence-electron chi connectivity index (χ3n) is 7.90. The van der Waals surface area contributed by atoms with Gasteiger partial charge >= 0.3 is 0 Å². The van der Waals surface area contributed by atoms with E-state index in [1.165, 1.54) is 10.6 Å². The minimum absolute atomic E-state index is 0.0605. The van der Waals surface area contributed by atoms with E-state index in [0.717, 1.165) is 31.6 Å². The van der Waals surface area contributed by atoms with Crippen molar-refractivity contribution in [2.45, 2.75) is 12.6 Å². The van der Waals surface area contributed by atoms with Crippen LogP contribution in [0, 0.1) is 5.82 Å². The normalized spacial score (nSPS) is 18.1. The van der Waals surface area contributed by atoms with Gasteiger partial charge < -0.3 is 30.4 Å². The van der Waals surface area contributed by atoms with E-state index in [-0.39, 0.29) is 17.9 Å². The summed E-state index contributed by atoms with van der Waals surface area (Å²) >= 11 is 0. The van der Waals surface area contributed by atoms with Crippen LogP contribution in [0.15, 0.2) is 47.2 Å². The topological polar surface area (TPSA) is 157 Å². The summed E-state index contributed by atoms with van der Waals surface area (Å²) in [5.74, 6) is 0.482. The van der Waals surface area contributed by atoms with E-state index in [1.54, 1.807) is 36.7 Å². The summed E-state index contributed by atoms with van der Waals surface area (Å²) in [5, 5.41) is 15.9. The molecule has 2 aliphatic heterocycles. The van der Waals surface area contributed by atoms with E-state index >= 15 is 4.39 Å². The molecule has 5 aromatic rings. The highest BCUT2D eigenvalue weighted by atomic mass is 19.1. The summed E-state index contributed by atoms with van der Waals surface area (Å²) in [7, 11) is 0. The summed E-state index contributed by atoms with van der Waals surface area (Å²) in [6.45, 7) is 6.59. The Morgan fingerprint density at radius 1 is 1.14 bits per heavy atom. The van der Waals surface area contributed by atoms with Gasteiger partial charge in [-0.25, -0.2) is 14.1 Å². The van der Waals surface area contributed by atoms with Gasteiger partial charge in [0.05, 0.1) is 43.3 Å². The second-order valence-electron chi connectivity index (χ2n) is 10.7. The molecule has 1 amide bonds. The second-order valence-corrected chi connectivity index (χ2v) is 10.7. The van der Waals surface area contributed by atoms with Crippen molar-refractivity contribution in [3.05, 3.63) is 54.2 Å². The number of nitrogen functional groups attached to an aromatic ring is 1. The van der Waals surface area contributed by atoms with Crippen molar-refractivity contribution in [1.29, 1.82) is 0 Å². The highest BCUT2D eigenvalue weighted by Gasteiger charge is 2.22. The number of rotatable bonds is 8. The molecule has 14 nitrogen and oxygen atoms in total. The Morgan fingerprint density at radius 3 is 2.79 bits per heavy atom. The van der Waals surface area contributed by atoms with Crippen molar-refractivity contribution in [2.24, 2.45) is 0 Å². The molecule has 0 spiro atoms. The number of amides is 1. The number of halogens is 1. The molecule has 0 aliphatic carbocycles. The van der Waals surface area contributed by atoms with Gasteiger partial charge in [-0.15, -0.1) is 5.10 Å². The number of aromatic nitrogens is 6. The predicted octanol–water partition coefficient (Wildman–Crippen LogP) is 0.996. The number of fused-ring (bicyclic) bond motifs is 3. The number of hydrogen-bond donors (Lipinski definition) is 3. The average Bonchev–Trinajstić information content (AvgIpc) is 3.80. The molecule has 1 aromatic carbocycles. The molecular formula is C28H32FN11O3. The van der Waals surface area contributed by atoms with Gasteiger partial charge in [-0.2, -0.15) is 14.6 Å². The molecule has 1 unspecified atom stereocenters. The quantitative estimate of drug-likeness (QED) is 0.237. The van der Waals surface area contributed by atoms with Crippen LogP contribution in [0.25, 0.3) is 28.3 Å². The third-order valence-corrected chi connectivity index (χ3v) is 7.90. The highest BCUT2D eigenvalue weighted by molar-refractivity contribution is 5.94. The van der Waals surface area contributed by atoms with Crippen molar-refractivity contribution in [3.63, 3.8) is 0 Å². The van der Waals surface area contributed by atoms with E-state index in [2.05, 4.69) is 35.7 Å². The van der Waals surface area contributed by atoms with Crippen molar-refractivity contribution in [2.75, 3.05) is 69.7 Å². The number of piperazine rings is 1. The van der Waals surface area contributed by atoms with Gasteiger partial charge in [0.25, 0.3) is 5.91 Å². The fraction of sp³-hybridized carbons (Fsp3) is 0.393. The zero-order valence-electron chi connectivity index (χ0n) is 23.4. The summed E-state index contributed by atoms with van der Waals surface area (Å²) < 4.78 is 29.2. The van der Waals surface area contributed by atoms with Crippen LogP contribution in [-0.2, 0) is 11.3 Å². The number of nitrogens with one attached hydrogen (secondary N) is 2. The summed E-state index contributed by atoms with van der Waals surface area (Å²) in [5.41, 5.74) is 8.22. The van der Waals surface area contributed by atoms with Crippen LogP contribution in [0.4, 0.5) is 16.0 Å². The fourth-order valence-corrected chi connectivity index (χ4v) is 5.55. The highest BCUT2D eigenvalue weighted by Crippen LogP contribution is 2.24. The Labute approximate surface area is 245 Å². The van der Waals surface area contributed by atoms with Crippen LogP contribution >= 0.6 is 0 Å². The molecule has 6 heterocycles. The number of ether oxygens (including phenoxy) is 1. The maximum Gasteiger partial charge on any atom is 0.251 e. The van der Waals surface area contributed by atoms with E-state index in [0.29, 0.717) is 73.5 Å². The molecule has 4 N–H and O–H groups in total. The minimum atomic E-state index is -0.401. The van der Waals surface area contributed by atoms with Crippen molar-refractivity contribution in [1.82, 2.24) is 44.9 Å². The van der Waals surface area contributed by atoms with Crippen LogP contribution in [0.1, 0.15) is 10.4 Å². The van der Waals surface area contributed by atoms with Gasteiger partial charge in [-0.05, 0) is 30.3 Å². The van der Waals surface area contributed by atoms with Gasteiger partial charge in [0.1, 0.15) is 5.82 Å². The van der Waals surface area contributed by atoms with Gasteiger partial charge in [-0.1, -0.05) is 0 Å². The Kier molecular flexibility index (Phi) is 7.34. The summed E-state index contributed by atoms with van der Waals surface area (Å²) in [4.78, 5) is 26.0. The van der Waals surface area contributed by atoms with E-state index in [1.807, 2.05) is 9.58 Å². The molecule has 15 heteroatoms. The molecule has 2 fully saturated rings. The number of anilines is 2. The zero-order valence-corrected chi connectivity index (χ0v) is 23.4. The SMILES string of the molecule is Nc1nc2c(cnn2CCN2CCN(c3ccc(C(=O)NCC4COCCN4)cc3F)CC2)c2nc(-c3ccco3)nn12. The lowest BCUT2D eigenvalue weighted by Gasteiger charge is -2.36. The van der Waals surface area contributed by atoms with Crippen molar-refractivity contribution in [3.8, 4) is 11.6 Å². The van der Waals surface area contributed by atoms with Gasteiger partial charge in [0.2, 0.25) is 11.8 Å². The fourth-order valence-electron chi connectivity index (χ4n) is 5.55. The van der Waals surface area contributed by atoms with Crippen LogP contribution in [0.2, 0.25) is 0 Å². The average molecular weight is 590 g/mol. The lowest BCUT2D eigenvalue weighted by Crippen LogP contribution is -2.48. The number of carbonyl (C=O) groups is 1. The van der Waals surface area contributed by atoms with Crippen molar-refractivity contribution < 1.29 is 18.3 Å². The molecular weight excluding hydrogens is 557 g/mol. The van der Waals surface area contributed by atoms with Crippen molar-refractivity contribution >= 4 is 34.2 Å². The maximum absolute atomic E-state index is 15.1. The molecule has 4 aromatic heterocycles. The smallest absolute Gasteiger partial charge is 0.251 e. The first-order valence-corrected chi connectivity index (χ1v) is 14.3. The Bertz CT molecular complexity index is 1740. The molecule has 43 heavy (non-hydrogen) atoms.